The maximum Gasteiger partial charge on any atom is 0.133 e. The monoisotopic (exact) mass is 323 g/mol. The number of hydrogen-bond donors (Lipinski definition) is 1. The van der Waals surface area contributed by atoms with Gasteiger partial charge in [-0.3, -0.25) is 0 Å². The van der Waals surface area contributed by atoms with Crippen LogP contribution in [0.5, 0.6) is 5.75 Å². The Morgan fingerprint density at radius 2 is 2.00 bits per heavy atom. The highest BCUT2D eigenvalue weighted by Crippen LogP contribution is 2.44. The number of benzene rings is 1. The van der Waals surface area contributed by atoms with Gasteiger partial charge in [0.25, 0.3) is 0 Å². The molecule has 3 heteroatoms. The second kappa shape index (κ2) is 5.74. The first-order chi connectivity index (χ1) is 9.26. The van der Waals surface area contributed by atoms with Crippen molar-refractivity contribution in [2.75, 3.05) is 12.4 Å². The zero-order valence-corrected chi connectivity index (χ0v) is 13.1. The number of ether oxygens (including phenoxy) is 1. The first-order valence-corrected chi connectivity index (χ1v) is 8.15. The molecule has 0 aliphatic heterocycles. The predicted molar refractivity (Wildman–Crippen MR) is 82.8 cm³/mol. The zero-order chi connectivity index (χ0) is 13.2. The van der Waals surface area contributed by atoms with Gasteiger partial charge in [-0.2, -0.15) is 0 Å². The van der Waals surface area contributed by atoms with Crippen molar-refractivity contribution in [2.45, 2.75) is 44.6 Å². The molecule has 2 nitrogen and oxygen atoms in total. The molecule has 1 N–H and O–H groups in total. The standard InChI is InChI=1S/C16H22BrNO/c1-19-16-8-7-14(10-15(16)17)18-13-4-2-3-12(9-13)11-5-6-11/h7-8,10-13,18H,2-6,9H2,1H3. The van der Waals surface area contributed by atoms with E-state index in [1.807, 2.05) is 6.07 Å². The summed E-state index contributed by atoms with van der Waals surface area (Å²) in [6, 6.07) is 6.91. The van der Waals surface area contributed by atoms with Crippen molar-refractivity contribution >= 4 is 21.6 Å². The molecule has 0 amide bonds. The van der Waals surface area contributed by atoms with Crippen LogP contribution in [0.15, 0.2) is 22.7 Å². The van der Waals surface area contributed by atoms with Gasteiger partial charge in [0.2, 0.25) is 0 Å². The fourth-order valence-corrected chi connectivity index (χ4v) is 3.89. The Morgan fingerprint density at radius 1 is 1.16 bits per heavy atom. The second-order valence-electron chi connectivity index (χ2n) is 5.95. The van der Waals surface area contributed by atoms with E-state index in [0.717, 1.165) is 22.1 Å². The summed E-state index contributed by atoms with van der Waals surface area (Å²) in [7, 11) is 1.70. The molecule has 0 heterocycles. The van der Waals surface area contributed by atoms with Gasteiger partial charge < -0.3 is 10.1 Å². The average molecular weight is 324 g/mol. The highest BCUT2D eigenvalue weighted by atomic mass is 79.9. The lowest BCUT2D eigenvalue weighted by Gasteiger charge is -2.30. The van der Waals surface area contributed by atoms with Crippen molar-refractivity contribution in [1.29, 1.82) is 0 Å². The lowest BCUT2D eigenvalue weighted by atomic mass is 9.82. The Bertz CT molecular complexity index is 444. The number of rotatable bonds is 4. The summed E-state index contributed by atoms with van der Waals surface area (Å²) < 4.78 is 6.29. The SMILES string of the molecule is COc1ccc(NC2CCCC(C3CC3)C2)cc1Br. The van der Waals surface area contributed by atoms with Gasteiger partial charge in [-0.1, -0.05) is 12.8 Å². The number of nitrogens with one attached hydrogen (secondary N) is 1. The molecule has 1 aromatic rings. The van der Waals surface area contributed by atoms with Crippen LogP contribution in [0.3, 0.4) is 0 Å². The number of hydrogen-bond acceptors (Lipinski definition) is 2. The summed E-state index contributed by atoms with van der Waals surface area (Å²) >= 11 is 3.55. The molecule has 0 spiro atoms. The van der Waals surface area contributed by atoms with Crippen molar-refractivity contribution in [3.63, 3.8) is 0 Å². The minimum absolute atomic E-state index is 0.652. The average Bonchev–Trinajstić information content (AvgIpc) is 3.24. The minimum Gasteiger partial charge on any atom is -0.496 e. The van der Waals surface area contributed by atoms with Gasteiger partial charge in [0.05, 0.1) is 11.6 Å². The fraction of sp³-hybridized carbons (Fsp3) is 0.625. The predicted octanol–water partition coefficient (Wildman–Crippen LogP) is 4.84. The number of halogens is 1. The van der Waals surface area contributed by atoms with E-state index in [9.17, 15) is 0 Å². The van der Waals surface area contributed by atoms with Gasteiger partial charge in [-0.05, 0) is 71.6 Å². The molecule has 0 radical (unpaired) electrons. The summed E-state index contributed by atoms with van der Waals surface area (Å²) in [5.74, 6) is 2.92. The van der Waals surface area contributed by atoms with E-state index in [4.69, 9.17) is 4.74 Å². The molecule has 0 aromatic heterocycles. The Kier molecular flexibility index (Phi) is 4.01. The largest absolute Gasteiger partial charge is 0.496 e. The van der Waals surface area contributed by atoms with Crippen LogP contribution in [0.2, 0.25) is 0 Å². The third-order valence-corrected chi connectivity index (χ3v) is 5.15. The smallest absolute Gasteiger partial charge is 0.133 e. The topological polar surface area (TPSA) is 21.3 Å². The van der Waals surface area contributed by atoms with Crippen molar-refractivity contribution in [1.82, 2.24) is 0 Å². The molecule has 1 aromatic carbocycles. The molecule has 2 aliphatic carbocycles. The molecule has 0 saturated heterocycles. The molecule has 104 valence electrons. The lowest BCUT2D eigenvalue weighted by Crippen LogP contribution is -2.28. The molecule has 2 atom stereocenters. The number of anilines is 1. The third kappa shape index (κ3) is 3.25. The molecule has 2 saturated carbocycles. The van der Waals surface area contributed by atoms with Gasteiger partial charge in [0.15, 0.2) is 0 Å². The molecular weight excluding hydrogens is 302 g/mol. The molecule has 19 heavy (non-hydrogen) atoms. The van der Waals surface area contributed by atoms with E-state index in [-0.39, 0.29) is 0 Å². The Morgan fingerprint density at radius 3 is 2.68 bits per heavy atom. The van der Waals surface area contributed by atoms with Crippen LogP contribution in [0.25, 0.3) is 0 Å². The third-order valence-electron chi connectivity index (χ3n) is 4.53. The number of methoxy groups -OCH3 is 1. The van der Waals surface area contributed by atoms with Crippen LogP contribution in [0.1, 0.15) is 38.5 Å². The van der Waals surface area contributed by atoms with Crippen LogP contribution >= 0.6 is 15.9 Å². The second-order valence-corrected chi connectivity index (χ2v) is 6.81. The van der Waals surface area contributed by atoms with E-state index < -0.39 is 0 Å². The molecule has 2 aliphatic rings. The minimum atomic E-state index is 0.652. The maximum absolute atomic E-state index is 5.27. The summed E-state index contributed by atoms with van der Waals surface area (Å²) in [6.07, 6.45) is 8.46. The Labute approximate surface area is 124 Å². The lowest BCUT2D eigenvalue weighted by molar-refractivity contribution is 0.303. The van der Waals surface area contributed by atoms with E-state index in [2.05, 4.69) is 33.4 Å². The summed E-state index contributed by atoms with van der Waals surface area (Å²) in [6.45, 7) is 0. The van der Waals surface area contributed by atoms with Gasteiger partial charge in [0, 0.05) is 11.7 Å². The van der Waals surface area contributed by atoms with Gasteiger partial charge >= 0.3 is 0 Å². The van der Waals surface area contributed by atoms with Crippen molar-refractivity contribution in [3.05, 3.63) is 22.7 Å². The van der Waals surface area contributed by atoms with E-state index in [0.29, 0.717) is 6.04 Å². The zero-order valence-electron chi connectivity index (χ0n) is 11.5. The summed E-state index contributed by atoms with van der Waals surface area (Å²) in [5.41, 5.74) is 1.20. The first kappa shape index (κ1) is 13.3. The normalized spacial score (nSPS) is 27.1. The van der Waals surface area contributed by atoms with Crippen LogP contribution < -0.4 is 10.1 Å². The first-order valence-electron chi connectivity index (χ1n) is 7.36. The van der Waals surface area contributed by atoms with Crippen LogP contribution in [-0.2, 0) is 0 Å². The van der Waals surface area contributed by atoms with Gasteiger partial charge in [0.1, 0.15) is 5.75 Å². The van der Waals surface area contributed by atoms with Gasteiger partial charge in [-0.15, -0.1) is 0 Å². The van der Waals surface area contributed by atoms with E-state index in [1.165, 1.54) is 44.2 Å². The van der Waals surface area contributed by atoms with E-state index in [1.54, 1.807) is 7.11 Å². The Hall–Kier alpha value is -0.700. The van der Waals surface area contributed by atoms with Crippen LogP contribution in [0, 0.1) is 11.8 Å². The quantitative estimate of drug-likeness (QED) is 0.856. The van der Waals surface area contributed by atoms with Crippen molar-refractivity contribution in [2.24, 2.45) is 11.8 Å². The van der Waals surface area contributed by atoms with Gasteiger partial charge in [-0.25, -0.2) is 0 Å². The van der Waals surface area contributed by atoms with E-state index >= 15 is 0 Å². The highest BCUT2D eigenvalue weighted by molar-refractivity contribution is 9.10. The van der Waals surface area contributed by atoms with Crippen LogP contribution in [0.4, 0.5) is 5.69 Å². The molecule has 2 fully saturated rings. The summed E-state index contributed by atoms with van der Waals surface area (Å²) in [5, 5.41) is 3.70. The van der Waals surface area contributed by atoms with Crippen LogP contribution in [-0.4, -0.2) is 13.2 Å². The summed E-state index contributed by atoms with van der Waals surface area (Å²) in [4.78, 5) is 0. The highest BCUT2D eigenvalue weighted by Gasteiger charge is 2.34. The fourth-order valence-electron chi connectivity index (χ4n) is 3.35. The maximum atomic E-state index is 5.27. The Balaban J connectivity index is 1.62. The molecule has 3 rings (SSSR count). The van der Waals surface area contributed by atoms with Crippen molar-refractivity contribution < 1.29 is 4.74 Å². The molecular formula is C16H22BrNO. The molecule has 2 unspecified atom stereocenters. The van der Waals surface area contributed by atoms with Crippen molar-refractivity contribution in [3.8, 4) is 5.75 Å². The molecule has 0 bridgehead atoms.